The van der Waals surface area contributed by atoms with Crippen LogP contribution in [0.25, 0.3) is 0 Å². The van der Waals surface area contributed by atoms with Crippen molar-refractivity contribution < 1.29 is 17.9 Å². The highest BCUT2D eigenvalue weighted by molar-refractivity contribution is 7.93. The normalized spacial score (nSPS) is 23.3. The molecule has 1 fully saturated rings. The van der Waals surface area contributed by atoms with E-state index in [1.54, 1.807) is 18.2 Å². The Morgan fingerprint density at radius 1 is 1.32 bits per heavy atom. The molecule has 1 aromatic carbocycles. The fourth-order valence-corrected chi connectivity index (χ4v) is 5.42. The lowest BCUT2D eigenvalue weighted by Gasteiger charge is -2.47. The zero-order chi connectivity index (χ0) is 22.4. The van der Waals surface area contributed by atoms with Crippen molar-refractivity contribution >= 4 is 27.3 Å². The maximum absolute atomic E-state index is 13.0. The van der Waals surface area contributed by atoms with Crippen molar-refractivity contribution in [1.82, 2.24) is 10.3 Å². The fourth-order valence-electron chi connectivity index (χ4n) is 3.74. The average molecular weight is 439 g/mol. The number of ether oxygens (including phenoxy) is 1. The molecular formula is C21H21N5O4S. The first-order valence-electron chi connectivity index (χ1n) is 9.56. The Hall–Kier alpha value is -3.29. The number of nitriles is 1. The Morgan fingerprint density at radius 3 is 2.74 bits per heavy atom. The zero-order valence-electron chi connectivity index (χ0n) is 17.0. The van der Waals surface area contributed by atoms with Crippen molar-refractivity contribution in [3.05, 3.63) is 58.9 Å². The molecule has 3 heterocycles. The number of anilines is 1. The molecule has 1 atom stereocenters. The van der Waals surface area contributed by atoms with Crippen LogP contribution in [0.3, 0.4) is 0 Å². The third-order valence-electron chi connectivity index (χ3n) is 5.79. The van der Waals surface area contributed by atoms with Gasteiger partial charge in [-0.15, -0.1) is 0 Å². The van der Waals surface area contributed by atoms with Gasteiger partial charge in [0.15, 0.2) is 9.84 Å². The number of benzene rings is 1. The van der Waals surface area contributed by atoms with Crippen molar-refractivity contribution in [3.63, 3.8) is 0 Å². The lowest BCUT2D eigenvalue weighted by atomic mass is 9.85. The van der Waals surface area contributed by atoms with Gasteiger partial charge in [-0.1, -0.05) is 6.07 Å². The number of fused-ring (bicyclic) bond motifs is 2. The van der Waals surface area contributed by atoms with Crippen LogP contribution in [0.1, 0.15) is 41.0 Å². The zero-order valence-corrected chi connectivity index (χ0v) is 17.8. The molecule has 0 bridgehead atoms. The summed E-state index contributed by atoms with van der Waals surface area (Å²) in [7, 11) is -3.64. The van der Waals surface area contributed by atoms with Gasteiger partial charge in [0, 0.05) is 11.9 Å². The van der Waals surface area contributed by atoms with Gasteiger partial charge in [0.05, 0.1) is 24.5 Å². The van der Waals surface area contributed by atoms with Crippen LogP contribution >= 0.6 is 0 Å². The number of nitrogens with one attached hydrogen (secondary N) is 3. The predicted octanol–water partition coefficient (Wildman–Crippen LogP) is 1.70. The van der Waals surface area contributed by atoms with E-state index < -0.39 is 26.0 Å². The van der Waals surface area contributed by atoms with Gasteiger partial charge >= 0.3 is 0 Å². The molecule has 3 N–H and O–H groups in total. The molecule has 0 aliphatic carbocycles. The van der Waals surface area contributed by atoms with Crippen LogP contribution in [-0.2, 0) is 26.7 Å². The molecule has 0 unspecified atom stereocenters. The number of carbonyl (C=O) groups is 1. The summed E-state index contributed by atoms with van der Waals surface area (Å²) in [6.07, 6.45) is 1.32. The topological polar surface area (TPSA) is 145 Å². The maximum Gasteiger partial charge on any atom is 0.274 e. The number of hydrogen-bond donors (Lipinski definition) is 3. The Labute approximate surface area is 179 Å². The third kappa shape index (κ3) is 3.45. The minimum absolute atomic E-state index is 0.0896. The second kappa shape index (κ2) is 7.14. The van der Waals surface area contributed by atoms with Crippen LogP contribution < -0.4 is 10.6 Å². The van der Waals surface area contributed by atoms with Crippen LogP contribution in [-0.4, -0.2) is 42.3 Å². The van der Waals surface area contributed by atoms with Crippen LogP contribution in [0.2, 0.25) is 0 Å². The summed E-state index contributed by atoms with van der Waals surface area (Å²) in [5.74, 6) is -0.771. The first kappa shape index (κ1) is 21.0. The Bertz CT molecular complexity index is 1230. The summed E-state index contributed by atoms with van der Waals surface area (Å²) >= 11 is 0. The van der Waals surface area contributed by atoms with E-state index in [1.807, 2.05) is 6.07 Å². The number of pyridine rings is 1. The quantitative estimate of drug-likeness (QED) is 0.646. The molecule has 1 saturated heterocycles. The predicted molar refractivity (Wildman–Crippen MR) is 113 cm³/mol. The third-order valence-corrected chi connectivity index (χ3v) is 8.43. The number of aromatic nitrogens is 1. The van der Waals surface area contributed by atoms with Crippen molar-refractivity contribution in [2.24, 2.45) is 0 Å². The van der Waals surface area contributed by atoms with Crippen LogP contribution in [0.5, 0.6) is 0 Å². The van der Waals surface area contributed by atoms with Crippen molar-refractivity contribution in [2.45, 2.75) is 30.7 Å². The van der Waals surface area contributed by atoms with E-state index in [1.165, 1.54) is 32.2 Å². The van der Waals surface area contributed by atoms with Gasteiger partial charge in [0.2, 0.25) is 0 Å². The van der Waals surface area contributed by atoms with Gasteiger partial charge in [-0.2, -0.15) is 5.26 Å². The Morgan fingerprint density at radius 2 is 2.10 bits per heavy atom. The number of sulfone groups is 1. The van der Waals surface area contributed by atoms with E-state index >= 15 is 0 Å². The first-order valence-corrected chi connectivity index (χ1v) is 11.2. The number of rotatable bonds is 2. The molecule has 4 rings (SSSR count). The molecule has 9 nitrogen and oxygen atoms in total. The van der Waals surface area contributed by atoms with E-state index in [0.29, 0.717) is 23.4 Å². The minimum Gasteiger partial charge on any atom is -0.374 e. The summed E-state index contributed by atoms with van der Waals surface area (Å²) in [5.41, 5.74) is 1.32. The van der Waals surface area contributed by atoms with Gasteiger partial charge < -0.3 is 15.4 Å². The summed E-state index contributed by atoms with van der Waals surface area (Å²) in [5, 5.41) is 23.0. The average Bonchev–Trinajstić information content (AvgIpc) is 2.73. The van der Waals surface area contributed by atoms with E-state index in [0.717, 1.165) is 5.56 Å². The summed E-state index contributed by atoms with van der Waals surface area (Å²) in [6, 6.07) is 10.1. The van der Waals surface area contributed by atoms with Crippen LogP contribution in [0.15, 0.2) is 36.5 Å². The molecule has 0 saturated carbocycles. The van der Waals surface area contributed by atoms with Gasteiger partial charge in [-0.25, -0.2) is 13.4 Å². The first-order chi connectivity index (χ1) is 14.6. The second-order valence-electron chi connectivity index (χ2n) is 8.21. The number of carbonyl (C=O) groups excluding carboxylic acids is 1. The van der Waals surface area contributed by atoms with E-state index in [9.17, 15) is 13.2 Å². The maximum atomic E-state index is 13.0. The molecule has 160 valence electrons. The summed E-state index contributed by atoms with van der Waals surface area (Å²) < 4.78 is 30.3. The number of hydrogen-bond acceptors (Lipinski definition) is 7. The molecule has 1 aromatic heterocycles. The molecule has 2 aliphatic rings. The SMILES string of the molecule is CC1(C)C(=N)N[C@@]2(COCc3ccc(NC(=O)c4ccc(C#N)cn4)cc32)CS1(=O)=O. The van der Waals surface area contributed by atoms with Crippen molar-refractivity contribution in [1.29, 1.82) is 10.7 Å². The minimum atomic E-state index is -3.64. The van der Waals surface area contributed by atoms with E-state index in [2.05, 4.69) is 15.6 Å². The Balaban J connectivity index is 1.68. The molecule has 1 amide bonds. The molecule has 10 heteroatoms. The largest absolute Gasteiger partial charge is 0.374 e. The van der Waals surface area contributed by atoms with Gasteiger partial charge in [0.1, 0.15) is 27.9 Å². The highest BCUT2D eigenvalue weighted by Gasteiger charge is 2.54. The molecule has 2 aliphatic heterocycles. The van der Waals surface area contributed by atoms with Gasteiger partial charge in [-0.05, 0) is 49.2 Å². The van der Waals surface area contributed by atoms with Crippen LogP contribution in [0, 0.1) is 16.7 Å². The molecule has 2 aromatic rings. The number of nitrogens with zero attached hydrogens (tertiary/aromatic N) is 2. The van der Waals surface area contributed by atoms with Crippen molar-refractivity contribution in [3.8, 4) is 6.07 Å². The van der Waals surface area contributed by atoms with Crippen molar-refractivity contribution in [2.75, 3.05) is 17.7 Å². The fraction of sp³-hybridized carbons (Fsp3) is 0.333. The lowest BCUT2D eigenvalue weighted by molar-refractivity contribution is 0.0513. The Kier molecular flexibility index (Phi) is 4.83. The van der Waals surface area contributed by atoms with E-state index in [4.69, 9.17) is 15.4 Å². The standard InChI is InChI=1S/C21H21N5O4S/c1-20(2)19(23)26-21(12-31(20,28)29)11-30-10-14-4-5-15(7-16(14)21)25-18(27)17-6-3-13(8-22)9-24-17/h3-7,9H,10-12H2,1-2H3,(H2,23,26)(H,25,27)/t21-/m0/s1. The number of amidine groups is 1. The summed E-state index contributed by atoms with van der Waals surface area (Å²) in [4.78, 5) is 16.6. The van der Waals surface area contributed by atoms with Gasteiger partial charge in [0.25, 0.3) is 5.91 Å². The van der Waals surface area contributed by atoms with E-state index in [-0.39, 0.29) is 23.9 Å². The monoisotopic (exact) mass is 439 g/mol. The summed E-state index contributed by atoms with van der Waals surface area (Å²) in [6.45, 7) is 3.42. The highest BCUT2D eigenvalue weighted by atomic mass is 32.2. The smallest absolute Gasteiger partial charge is 0.274 e. The molecule has 31 heavy (non-hydrogen) atoms. The molecule has 1 spiro atoms. The van der Waals surface area contributed by atoms with Crippen LogP contribution in [0.4, 0.5) is 5.69 Å². The number of amides is 1. The second-order valence-corrected chi connectivity index (χ2v) is 10.8. The lowest BCUT2D eigenvalue weighted by Crippen LogP contribution is -2.67. The highest BCUT2D eigenvalue weighted by Crippen LogP contribution is 2.39. The molecular weight excluding hydrogens is 418 g/mol. The molecule has 0 radical (unpaired) electrons. The van der Waals surface area contributed by atoms with Gasteiger partial charge in [-0.3, -0.25) is 10.2 Å².